The SMILES string of the molecule is CC(=O)Nc1cccc(NC(=O)c2cnc3onc(C(C)C)c3c2)c1. The Bertz CT molecular complexity index is 946. The molecule has 2 N–H and O–H groups in total. The smallest absolute Gasteiger partial charge is 0.257 e. The van der Waals surface area contributed by atoms with Crippen LogP contribution in [-0.2, 0) is 4.79 Å². The van der Waals surface area contributed by atoms with Gasteiger partial charge in [-0.25, -0.2) is 4.98 Å². The van der Waals surface area contributed by atoms with Gasteiger partial charge in [0.15, 0.2) is 0 Å². The number of hydrogen-bond acceptors (Lipinski definition) is 5. The van der Waals surface area contributed by atoms with Gasteiger partial charge in [0.2, 0.25) is 5.91 Å². The lowest BCUT2D eigenvalue weighted by Gasteiger charge is -2.08. The van der Waals surface area contributed by atoms with E-state index in [1.54, 1.807) is 30.3 Å². The predicted molar refractivity (Wildman–Crippen MR) is 94.6 cm³/mol. The van der Waals surface area contributed by atoms with Gasteiger partial charge in [0.25, 0.3) is 11.6 Å². The van der Waals surface area contributed by atoms with Crippen LogP contribution in [0.25, 0.3) is 11.1 Å². The van der Waals surface area contributed by atoms with E-state index in [0.29, 0.717) is 22.7 Å². The number of nitrogens with one attached hydrogen (secondary N) is 2. The molecule has 3 rings (SSSR count). The van der Waals surface area contributed by atoms with Gasteiger partial charge in [0, 0.05) is 24.5 Å². The maximum Gasteiger partial charge on any atom is 0.257 e. The quantitative estimate of drug-likeness (QED) is 0.758. The van der Waals surface area contributed by atoms with Crippen molar-refractivity contribution in [3.8, 4) is 0 Å². The van der Waals surface area contributed by atoms with Crippen molar-refractivity contribution in [1.29, 1.82) is 0 Å². The lowest BCUT2D eigenvalue weighted by Crippen LogP contribution is -2.13. The van der Waals surface area contributed by atoms with Gasteiger partial charge in [0.1, 0.15) is 0 Å². The molecule has 7 nitrogen and oxygen atoms in total. The van der Waals surface area contributed by atoms with E-state index in [-0.39, 0.29) is 17.7 Å². The first kappa shape index (κ1) is 16.6. The first-order chi connectivity index (χ1) is 11.9. The van der Waals surface area contributed by atoms with Crippen LogP contribution in [0.1, 0.15) is 42.7 Å². The van der Waals surface area contributed by atoms with Crippen LogP contribution in [-0.4, -0.2) is 22.0 Å². The van der Waals surface area contributed by atoms with Gasteiger partial charge in [-0.15, -0.1) is 0 Å². The fraction of sp³-hybridized carbons (Fsp3) is 0.222. The molecule has 0 atom stereocenters. The van der Waals surface area contributed by atoms with Crippen LogP contribution in [0.2, 0.25) is 0 Å². The van der Waals surface area contributed by atoms with E-state index in [1.165, 1.54) is 13.1 Å². The minimum absolute atomic E-state index is 0.163. The second kappa shape index (κ2) is 6.72. The minimum atomic E-state index is -0.301. The summed E-state index contributed by atoms with van der Waals surface area (Å²) < 4.78 is 5.18. The van der Waals surface area contributed by atoms with Crippen molar-refractivity contribution >= 4 is 34.3 Å². The van der Waals surface area contributed by atoms with E-state index in [0.717, 1.165) is 11.1 Å². The number of nitrogens with zero attached hydrogens (tertiary/aromatic N) is 2. The number of benzene rings is 1. The van der Waals surface area contributed by atoms with Gasteiger partial charge >= 0.3 is 0 Å². The van der Waals surface area contributed by atoms with Crippen molar-refractivity contribution in [2.75, 3.05) is 10.6 Å². The Balaban J connectivity index is 1.85. The Kier molecular flexibility index (Phi) is 4.47. The van der Waals surface area contributed by atoms with Crippen molar-refractivity contribution in [2.24, 2.45) is 0 Å². The second-order valence-electron chi connectivity index (χ2n) is 6.02. The molecule has 1 aromatic carbocycles. The number of pyridine rings is 1. The summed E-state index contributed by atoms with van der Waals surface area (Å²) in [5, 5.41) is 10.2. The number of hydrogen-bond donors (Lipinski definition) is 2. The third kappa shape index (κ3) is 3.65. The number of aromatic nitrogens is 2. The molecule has 25 heavy (non-hydrogen) atoms. The Morgan fingerprint density at radius 3 is 2.52 bits per heavy atom. The molecule has 0 saturated heterocycles. The number of rotatable bonds is 4. The van der Waals surface area contributed by atoms with Gasteiger partial charge in [0.05, 0.1) is 16.6 Å². The molecule has 3 aromatic rings. The fourth-order valence-electron chi connectivity index (χ4n) is 2.47. The predicted octanol–water partition coefficient (Wildman–Crippen LogP) is 3.56. The van der Waals surface area contributed by atoms with Gasteiger partial charge < -0.3 is 15.2 Å². The molecule has 0 saturated carbocycles. The Labute approximate surface area is 144 Å². The molecule has 0 fully saturated rings. The number of fused-ring (bicyclic) bond motifs is 1. The zero-order chi connectivity index (χ0) is 18.0. The van der Waals surface area contributed by atoms with E-state index >= 15 is 0 Å². The number of carbonyl (C=O) groups excluding carboxylic acids is 2. The summed E-state index contributed by atoms with van der Waals surface area (Å²) in [5.74, 6) is -0.312. The van der Waals surface area contributed by atoms with Gasteiger partial charge in [-0.05, 0) is 30.2 Å². The average Bonchev–Trinajstić information content (AvgIpc) is 2.97. The third-order valence-corrected chi connectivity index (χ3v) is 3.61. The highest BCUT2D eigenvalue weighted by molar-refractivity contribution is 6.06. The molecular weight excluding hydrogens is 320 g/mol. The van der Waals surface area contributed by atoms with Crippen LogP contribution in [0.3, 0.4) is 0 Å². The Hall–Kier alpha value is -3.22. The summed E-state index contributed by atoms with van der Waals surface area (Å²) in [5.41, 5.74) is 2.77. The topological polar surface area (TPSA) is 97.1 Å². The lowest BCUT2D eigenvalue weighted by molar-refractivity contribution is -0.114. The second-order valence-corrected chi connectivity index (χ2v) is 6.02. The zero-order valence-corrected chi connectivity index (χ0v) is 14.2. The molecule has 0 bridgehead atoms. The van der Waals surface area contributed by atoms with Crippen LogP contribution < -0.4 is 10.6 Å². The van der Waals surface area contributed by atoms with Crippen LogP contribution in [0.4, 0.5) is 11.4 Å². The van der Waals surface area contributed by atoms with Crippen LogP contribution in [0.5, 0.6) is 0 Å². The summed E-state index contributed by atoms with van der Waals surface area (Å²) in [4.78, 5) is 27.8. The molecule has 7 heteroatoms. The molecule has 0 aliphatic heterocycles. The van der Waals surface area contributed by atoms with Gasteiger partial charge in [-0.3, -0.25) is 9.59 Å². The van der Waals surface area contributed by atoms with E-state index in [2.05, 4.69) is 20.8 Å². The fourth-order valence-corrected chi connectivity index (χ4v) is 2.47. The van der Waals surface area contributed by atoms with E-state index in [4.69, 9.17) is 4.52 Å². The van der Waals surface area contributed by atoms with E-state index in [9.17, 15) is 9.59 Å². The molecule has 0 spiro atoms. The molecule has 0 radical (unpaired) electrons. The molecule has 2 heterocycles. The van der Waals surface area contributed by atoms with E-state index < -0.39 is 0 Å². The molecule has 0 aliphatic carbocycles. The highest BCUT2D eigenvalue weighted by Crippen LogP contribution is 2.24. The zero-order valence-electron chi connectivity index (χ0n) is 14.2. The third-order valence-electron chi connectivity index (χ3n) is 3.61. The molecule has 128 valence electrons. The van der Waals surface area contributed by atoms with Gasteiger partial charge in [-0.2, -0.15) is 0 Å². The maximum atomic E-state index is 12.5. The van der Waals surface area contributed by atoms with Crippen molar-refractivity contribution in [3.05, 3.63) is 47.8 Å². The van der Waals surface area contributed by atoms with Crippen molar-refractivity contribution < 1.29 is 14.1 Å². The Morgan fingerprint density at radius 1 is 1.12 bits per heavy atom. The highest BCUT2D eigenvalue weighted by Gasteiger charge is 2.16. The van der Waals surface area contributed by atoms with Crippen LogP contribution in [0, 0.1) is 0 Å². The van der Waals surface area contributed by atoms with Crippen molar-refractivity contribution in [1.82, 2.24) is 10.1 Å². The molecule has 2 aromatic heterocycles. The summed E-state index contributed by atoms with van der Waals surface area (Å²) in [6.45, 7) is 5.42. The van der Waals surface area contributed by atoms with Crippen LogP contribution >= 0.6 is 0 Å². The summed E-state index contributed by atoms with van der Waals surface area (Å²) in [7, 11) is 0. The number of anilines is 2. The number of carbonyl (C=O) groups is 2. The largest absolute Gasteiger partial charge is 0.336 e. The lowest BCUT2D eigenvalue weighted by atomic mass is 10.1. The number of amides is 2. The van der Waals surface area contributed by atoms with Crippen LogP contribution in [0.15, 0.2) is 41.1 Å². The molecular formula is C18H18N4O3. The van der Waals surface area contributed by atoms with Crippen molar-refractivity contribution in [2.45, 2.75) is 26.7 Å². The highest BCUT2D eigenvalue weighted by atomic mass is 16.5. The molecule has 0 unspecified atom stereocenters. The monoisotopic (exact) mass is 338 g/mol. The maximum absolute atomic E-state index is 12.5. The summed E-state index contributed by atoms with van der Waals surface area (Å²) >= 11 is 0. The molecule has 2 amide bonds. The first-order valence-electron chi connectivity index (χ1n) is 7.88. The summed E-state index contributed by atoms with van der Waals surface area (Å²) in [6.07, 6.45) is 1.45. The average molecular weight is 338 g/mol. The first-order valence-corrected chi connectivity index (χ1v) is 7.88. The summed E-state index contributed by atoms with van der Waals surface area (Å²) in [6, 6.07) is 8.65. The Morgan fingerprint density at radius 2 is 1.84 bits per heavy atom. The van der Waals surface area contributed by atoms with Crippen molar-refractivity contribution in [3.63, 3.8) is 0 Å². The minimum Gasteiger partial charge on any atom is -0.336 e. The van der Waals surface area contributed by atoms with Gasteiger partial charge in [-0.1, -0.05) is 25.1 Å². The molecule has 0 aliphatic rings. The standard InChI is InChI=1S/C18H18N4O3/c1-10(2)16-15-7-12(9-19-18(15)25-22-16)17(24)21-14-6-4-5-13(8-14)20-11(3)23/h4-10H,1-3H3,(H,20,23)(H,21,24). The van der Waals surface area contributed by atoms with E-state index in [1.807, 2.05) is 13.8 Å². The normalized spacial score (nSPS) is 10.9.